The van der Waals surface area contributed by atoms with Crippen molar-refractivity contribution in [2.24, 2.45) is 0 Å². The molecule has 0 bridgehead atoms. The predicted octanol–water partition coefficient (Wildman–Crippen LogP) is -4.49. The molecule has 0 saturated carbocycles. The topological polar surface area (TPSA) is 92.2 Å². The first-order chi connectivity index (χ1) is 2.83. The van der Waals surface area contributed by atoms with E-state index in [1.54, 1.807) is 0 Å². The van der Waals surface area contributed by atoms with Crippen molar-refractivity contribution in [2.75, 3.05) is 0 Å². The number of rotatable bonds is 0. The third-order valence-corrected chi connectivity index (χ3v) is 0. The molecule has 0 saturated heterocycles. The van der Waals surface area contributed by atoms with Gasteiger partial charge >= 0.3 is 48.9 Å². The summed E-state index contributed by atoms with van der Waals surface area (Å²) in [5.74, 6) is 0. The van der Waals surface area contributed by atoms with Crippen LogP contribution in [0.15, 0.2) is 0 Å². The van der Waals surface area contributed by atoms with Gasteiger partial charge in [-0.3, -0.25) is 0 Å². The van der Waals surface area contributed by atoms with E-state index in [0.29, 0.717) is 0 Å². The Kier molecular flexibility index (Phi) is 55.2. The molecule has 0 aromatic heterocycles. The van der Waals surface area contributed by atoms with Crippen LogP contribution in [0.1, 0.15) is 0 Å². The SMILES string of the molecule is [Ba+2].[O-][PH2+][O-].[O-][PH2+][O-]. The molecule has 0 radical (unpaired) electrons. The Hall–Kier alpha value is 2.27. The molecule has 4 nitrogen and oxygen atoms in total. The Morgan fingerprint density at radius 1 is 0.714 bits per heavy atom. The molecule has 0 aromatic carbocycles. The summed E-state index contributed by atoms with van der Waals surface area (Å²) in [7, 11) is -3.50. The zero-order valence-electron chi connectivity index (χ0n) is 3.49. The van der Waals surface area contributed by atoms with Crippen LogP contribution in [-0.4, -0.2) is 48.9 Å². The second-order valence-corrected chi connectivity index (χ2v) is 0.577. The van der Waals surface area contributed by atoms with E-state index >= 15 is 0 Å². The first-order valence-corrected chi connectivity index (χ1v) is 2.83. The van der Waals surface area contributed by atoms with Crippen LogP contribution in [0.5, 0.6) is 0 Å². The number of hydrogen-bond donors (Lipinski definition) is 0. The van der Waals surface area contributed by atoms with Gasteiger partial charge in [-0.25, -0.2) is 0 Å². The van der Waals surface area contributed by atoms with Crippen LogP contribution < -0.4 is 19.6 Å². The van der Waals surface area contributed by atoms with Crippen LogP contribution in [0.4, 0.5) is 0 Å². The molecule has 0 spiro atoms. The van der Waals surface area contributed by atoms with Gasteiger partial charge in [-0.05, 0) is 0 Å². The van der Waals surface area contributed by atoms with Crippen molar-refractivity contribution < 1.29 is 19.6 Å². The molecule has 0 unspecified atom stereocenters. The molecule has 7 heavy (non-hydrogen) atoms. The van der Waals surface area contributed by atoms with E-state index in [9.17, 15) is 0 Å². The van der Waals surface area contributed by atoms with Gasteiger partial charge in [0, 0.05) is 0 Å². The second-order valence-electron chi connectivity index (χ2n) is 0.192. The summed E-state index contributed by atoms with van der Waals surface area (Å²) in [5.41, 5.74) is 0. The van der Waals surface area contributed by atoms with E-state index in [-0.39, 0.29) is 48.9 Å². The van der Waals surface area contributed by atoms with Crippen LogP contribution in [0.25, 0.3) is 0 Å². The van der Waals surface area contributed by atoms with E-state index in [2.05, 4.69) is 0 Å². The van der Waals surface area contributed by atoms with E-state index < -0.39 is 18.1 Å². The second kappa shape index (κ2) is 24.0. The minimum atomic E-state index is -1.75. The van der Waals surface area contributed by atoms with Gasteiger partial charge in [0.1, 0.15) is 0 Å². The summed E-state index contributed by atoms with van der Waals surface area (Å²) in [6.07, 6.45) is 0. The van der Waals surface area contributed by atoms with Gasteiger partial charge < -0.3 is 19.6 Å². The largest absolute Gasteiger partial charge is 2.00 e. The Balaban J connectivity index is -0.0000000400. The van der Waals surface area contributed by atoms with Gasteiger partial charge in [0.2, 0.25) is 0 Å². The molecule has 0 aliphatic carbocycles. The average Bonchev–Trinajstić information content (AvgIpc) is 1.39. The molecule has 40 valence electrons. The Labute approximate surface area is 85.3 Å². The van der Waals surface area contributed by atoms with E-state index in [4.69, 9.17) is 19.6 Å². The van der Waals surface area contributed by atoms with Crippen molar-refractivity contribution in [1.82, 2.24) is 0 Å². The minimum Gasteiger partial charge on any atom is -0.687 e. The molecule has 7 heteroatoms. The summed E-state index contributed by atoms with van der Waals surface area (Å²) in [6.45, 7) is 0. The van der Waals surface area contributed by atoms with Crippen molar-refractivity contribution in [3.05, 3.63) is 0 Å². The van der Waals surface area contributed by atoms with Gasteiger partial charge in [-0.1, -0.05) is 0 Å². The fourth-order valence-corrected chi connectivity index (χ4v) is 0. The molecule has 0 amide bonds. The van der Waals surface area contributed by atoms with Crippen molar-refractivity contribution >= 4 is 67.0 Å². The smallest absolute Gasteiger partial charge is 0.687 e. The van der Waals surface area contributed by atoms with Crippen LogP contribution >= 0.6 is 18.1 Å². The Morgan fingerprint density at radius 2 is 0.714 bits per heavy atom. The van der Waals surface area contributed by atoms with Gasteiger partial charge in [0.25, 0.3) is 0 Å². The first-order valence-electron chi connectivity index (χ1n) is 0.943. The van der Waals surface area contributed by atoms with Crippen LogP contribution in [0.2, 0.25) is 0 Å². The summed E-state index contributed by atoms with van der Waals surface area (Å²) in [4.78, 5) is 33.8. The Bertz CT molecular complexity index is 11.7. The fraction of sp³-hybridized carbons (Fsp3) is 0. The van der Waals surface area contributed by atoms with E-state index in [1.807, 2.05) is 0 Å². The molecule has 0 aromatic rings. The zero-order valence-corrected chi connectivity index (χ0v) is 10.2. The van der Waals surface area contributed by atoms with Crippen molar-refractivity contribution in [1.29, 1.82) is 0 Å². The predicted molar refractivity (Wildman–Crippen MR) is 25.2 cm³/mol. The van der Waals surface area contributed by atoms with Gasteiger partial charge in [-0.2, -0.15) is 0 Å². The molecular formula is H4BaO4P2. The van der Waals surface area contributed by atoms with E-state index in [0.717, 1.165) is 0 Å². The Morgan fingerprint density at radius 3 is 0.714 bits per heavy atom. The summed E-state index contributed by atoms with van der Waals surface area (Å²) >= 11 is 0. The van der Waals surface area contributed by atoms with Crippen LogP contribution in [0.3, 0.4) is 0 Å². The third kappa shape index (κ3) is 63.1. The third-order valence-electron chi connectivity index (χ3n) is 0. The normalized spacial score (nSPS) is 5.14. The first kappa shape index (κ1) is 16.1. The molecule has 0 N–H and O–H groups in total. The summed E-state index contributed by atoms with van der Waals surface area (Å²) in [6, 6.07) is 0. The quantitative estimate of drug-likeness (QED) is 0.327. The summed E-state index contributed by atoms with van der Waals surface area (Å²) < 4.78 is 0. The maximum atomic E-state index is 8.46. The molecule has 0 atom stereocenters. The minimum absolute atomic E-state index is 0. The molecule has 0 heterocycles. The molecule has 0 aliphatic rings. The van der Waals surface area contributed by atoms with Gasteiger partial charge in [0.05, 0.1) is 0 Å². The molecular weight excluding hydrogens is 263 g/mol. The average molecular weight is 267 g/mol. The molecule has 0 fully saturated rings. The monoisotopic (exact) mass is 268 g/mol. The maximum absolute atomic E-state index is 8.46. The van der Waals surface area contributed by atoms with Crippen molar-refractivity contribution in [3.63, 3.8) is 0 Å². The van der Waals surface area contributed by atoms with E-state index in [1.165, 1.54) is 0 Å². The number of hydrogen-bond acceptors (Lipinski definition) is 4. The van der Waals surface area contributed by atoms with Gasteiger partial charge in [0.15, 0.2) is 0 Å². The molecule has 0 rings (SSSR count). The fourth-order valence-electron chi connectivity index (χ4n) is 0. The summed E-state index contributed by atoms with van der Waals surface area (Å²) in [5, 5.41) is 0. The maximum Gasteiger partial charge on any atom is 2.00 e. The molecule has 0 aliphatic heterocycles. The van der Waals surface area contributed by atoms with Crippen LogP contribution in [-0.2, 0) is 0 Å². The van der Waals surface area contributed by atoms with Crippen molar-refractivity contribution in [2.45, 2.75) is 0 Å². The van der Waals surface area contributed by atoms with Gasteiger partial charge in [-0.15, -0.1) is 18.1 Å². The van der Waals surface area contributed by atoms with Crippen LogP contribution in [0, 0.1) is 0 Å². The van der Waals surface area contributed by atoms with Crippen molar-refractivity contribution in [3.8, 4) is 0 Å². The standard InChI is InChI=1S/Ba.2H2O2P/c;2*1-3-2/h;2*3H2/q+2;2*-1. The zero-order chi connectivity index (χ0) is 5.41.